The first kappa shape index (κ1) is 23.8. The highest BCUT2D eigenvalue weighted by atomic mass is 16.5. The van der Waals surface area contributed by atoms with Gasteiger partial charge in [0.2, 0.25) is 0 Å². The van der Waals surface area contributed by atoms with E-state index in [1.807, 2.05) is 6.08 Å². The van der Waals surface area contributed by atoms with E-state index in [2.05, 4.69) is 40.3 Å². The lowest BCUT2D eigenvalue weighted by molar-refractivity contribution is -0.155. The minimum atomic E-state index is -1.99. The lowest BCUT2D eigenvalue weighted by atomic mass is 9.60. The Kier molecular flexibility index (Phi) is 7.37. The Hall–Kier alpha value is -0.900. The fourth-order valence-electron chi connectivity index (χ4n) is 6.80. The summed E-state index contributed by atoms with van der Waals surface area (Å²) in [4.78, 5) is 0. The van der Waals surface area contributed by atoms with Gasteiger partial charge in [-0.1, -0.05) is 71.3 Å². The summed E-state index contributed by atoms with van der Waals surface area (Å²) in [5.74, 6) is 1.03. The largest absolute Gasteiger partial charge is 0.393 e. The number of hydrogen-bond donors (Lipinski definition) is 3. The quantitative estimate of drug-likeness (QED) is 0.472. The Labute approximate surface area is 184 Å². The zero-order chi connectivity index (χ0) is 22.1. The number of aliphatic hydroxyl groups is 3. The summed E-state index contributed by atoms with van der Waals surface area (Å²) in [5.41, 5.74) is 3.02. The molecule has 0 spiro atoms. The van der Waals surface area contributed by atoms with E-state index in [0.717, 1.165) is 29.7 Å². The van der Waals surface area contributed by atoms with Crippen molar-refractivity contribution in [3.05, 3.63) is 35.5 Å². The van der Waals surface area contributed by atoms with Crippen molar-refractivity contribution in [2.75, 3.05) is 0 Å². The van der Waals surface area contributed by atoms with Crippen LogP contribution in [0.1, 0.15) is 91.9 Å². The van der Waals surface area contributed by atoms with Crippen LogP contribution >= 0.6 is 0 Å². The Morgan fingerprint density at radius 1 is 1.13 bits per heavy atom. The Balaban J connectivity index is 1.74. The molecule has 0 amide bonds. The van der Waals surface area contributed by atoms with Crippen LogP contribution in [0.5, 0.6) is 0 Å². The molecule has 3 heteroatoms. The molecule has 5 atom stereocenters. The molecule has 0 radical (unpaired) electrons. The average molecular weight is 417 g/mol. The topological polar surface area (TPSA) is 60.7 Å². The maximum Gasteiger partial charge on any atom is 0.191 e. The second-order valence-electron chi connectivity index (χ2n) is 11.2. The highest BCUT2D eigenvalue weighted by molar-refractivity contribution is 5.40. The molecule has 0 unspecified atom stereocenters. The summed E-state index contributed by atoms with van der Waals surface area (Å²) in [6.45, 7) is 13.5. The van der Waals surface area contributed by atoms with Crippen molar-refractivity contribution in [1.82, 2.24) is 0 Å². The molecule has 0 aromatic rings. The van der Waals surface area contributed by atoms with Gasteiger partial charge in [-0.2, -0.15) is 0 Å². The second kappa shape index (κ2) is 9.30. The van der Waals surface area contributed by atoms with Crippen molar-refractivity contribution < 1.29 is 15.3 Å². The van der Waals surface area contributed by atoms with E-state index >= 15 is 0 Å². The molecule has 0 aromatic carbocycles. The van der Waals surface area contributed by atoms with Gasteiger partial charge in [0, 0.05) is 12.0 Å². The highest BCUT2D eigenvalue weighted by Gasteiger charge is 2.50. The highest BCUT2D eigenvalue weighted by Crippen LogP contribution is 2.60. The monoisotopic (exact) mass is 416 g/mol. The number of hydrogen-bond acceptors (Lipinski definition) is 3. The molecule has 0 saturated heterocycles. The molecular formula is C27H44O3. The normalized spacial score (nSPS) is 37.7. The molecule has 3 saturated carbocycles. The van der Waals surface area contributed by atoms with E-state index in [1.54, 1.807) is 0 Å². The lowest BCUT2D eigenvalue weighted by Gasteiger charge is -2.44. The third kappa shape index (κ3) is 4.95. The van der Waals surface area contributed by atoms with Crippen molar-refractivity contribution in [2.45, 2.75) is 104 Å². The minimum Gasteiger partial charge on any atom is -0.393 e. The second-order valence-corrected chi connectivity index (χ2v) is 11.2. The Morgan fingerprint density at radius 2 is 1.87 bits per heavy atom. The van der Waals surface area contributed by atoms with Crippen molar-refractivity contribution in [2.24, 2.45) is 29.1 Å². The maximum absolute atomic E-state index is 10.1. The molecule has 3 rings (SSSR count). The van der Waals surface area contributed by atoms with E-state index in [9.17, 15) is 15.3 Å². The van der Waals surface area contributed by atoms with E-state index in [1.165, 1.54) is 50.5 Å². The molecule has 0 heterocycles. The number of fused-ring (bicyclic) bond motifs is 1. The summed E-state index contributed by atoms with van der Waals surface area (Å²) in [7, 11) is 0. The fraction of sp³-hybridized carbons (Fsp3) is 0.778. The third-order valence-electron chi connectivity index (χ3n) is 8.51. The number of aliphatic hydroxyl groups excluding tert-OH is 1. The summed E-state index contributed by atoms with van der Waals surface area (Å²) in [6, 6.07) is 0. The van der Waals surface area contributed by atoms with Gasteiger partial charge in [0.05, 0.1) is 6.10 Å². The smallest absolute Gasteiger partial charge is 0.191 e. The predicted molar refractivity (Wildman–Crippen MR) is 124 cm³/mol. The summed E-state index contributed by atoms with van der Waals surface area (Å²) < 4.78 is 0. The molecule has 3 N–H and O–H groups in total. The van der Waals surface area contributed by atoms with Crippen LogP contribution in [0.15, 0.2) is 35.5 Å². The van der Waals surface area contributed by atoms with Gasteiger partial charge in [0.15, 0.2) is 5.79 Å². The standard InChI is InChI=1S/C27H44O3/c1-18(2)8-6-9-19(3)24-13-14-25-21(10-7-15-26(24,25)5)11-12-22-16-23(28)17-27(29,30)20(22)4/h11-12,18-19,23-25,28-30H,4,6-10,13-17H2,1-3,5H3/b21-11+,22-12+/t19-,23+,24-,25+,26-/m1/s1. The van der Waals surface area contributed by atoms with Crippen LogP contribution < -0.4 is 0 Å². The number of rotatable bonds is 6. The zero-order valence-corrected chi connectivity index (χ0v) is 19.7. The molecule has 170 valence electrons. The Bertz CT molecular complexity index is 686. The molecule has 0 bridgehead atoms. The van der Waals surface area contributed by atoms with Crippen LogP contribution in [0.3, 0.4) is 0 Å². The van der Waals surface area contributed by atoms with Gasteiger partial charge in [-0.15, -0.1) is 0 Å². The molecule has 0 aromatic heterocycles. The SMILES string of the molecule is C=C1/C(=C/C=C2\CCC[C@]3(C)[C@@H]([C@H](C)CCCC(C)C)CC[C@@H]23)C[C@H](O)CC1(O)O. The van der Waals surface area contributed by atoms with E-state index in [0.29, 0.717) is 23.3 Å². The maximum atomic E-state index is 10.1. The first-order valence-electron chi connectivity index (χ1n) is 12.3. The third-order valence-corrected chi connectivity index (χ3v) is 8.51. The van der Waals surface area contributed by atoms with Crippen LogP contribution in [0.25, 0.3) is 0 Å². The molecule has 30 heavy (non-hydrogen) atoms. The van der Waals surface area contributed by atoms with Crippen molar-refractivity contribution in [3.63, 3.8) is 0 Å². The van der Waals surface area contributed by atoms with Gasteiger partial charge in [-0.3, -0.25) is 0 Å². The van der Waals surface area contributed by atoms with Crippen molar-refractivity contribution in [3.8, 4) is 0 Å². The van der Waals surface area contributed by atoms with Gasteiger partial charge in [-0.05, 0) is 73.2 Å². The molecular weight excluding hydrogens is 372 g/mol. The van der Waals surface area contributed by atoms with E-state index in [4.69, 9.17) is 0 Å². The minimum absolute atomic E-state index is 0.0587. The zero-order valence-electron chi connectivity index (χ0n) is 19.7. The summed E-state index contributed by atoms with van der Waals surface area (Å²) in [6.07, 6.45) is 14.2. The summed E-state index contributed by atoms with van der Waals surface area (Å²) in [5, 5.41) is 30.3. The van der Waals surface area contributed by atoms with Crippen molar-refractivity contribution >= 4 is 0 Å². The molecule has 3 aliphatic rings. The Morgan fingerprint density at radius 3 is 2.57 bits per heavy atom. The van der Waals surface area contributed by atoms with Gasteiger partial charge >= 0.3 is 0 Å². The van der Waals surface area contributed by atoms with Gasteiger partial charge in [-0.25, -0.2) is 0 Å². The molecule has 3 nitrogen and oxygen atoms in total. The van der Waals surface area contributed by atoms with Crippen LogP contribution in [-0.4, -0.2) is 27.2 Å². The lowest BCUT2D eigenvalue weighted by Crippen LogP contribution is -2.40. The first-order chi connectivity index (χ1) is 14.0. The van der Waals surface area contributed by atoms with Crippen LogP contribution in [0.2, 0.25) is 0 Å². The van der Waals surface area contributed by atoms with Crippen LogP contribution in [0, 0.1) is 29.1 Å². The van der Waals surface area contributed by atoms with Crippen LogP contribution in [-0.2, 0) is 0 Å². The molecule has 0 aliphatic heterocycles. The van der Waals surface area contributed by atoms with Gasteiger partial charge < -0.3 is 15.3 Å². The van der Waals surface area contributed by atoms with E-state index < -0.39 is 11.9 Å². The van der Waals surface area contributed by atoms with Gasteiger partial charge in [0.25, 0.3) is 0 Å². The van der Waals surface area contributed by atoms with Gasteiger partial charge in [0.1, 0.15) is 0 Å². The van der Waals surface area contributed by atoms with E-state index in [-0.39, 0.29) is 6.42 Å². The van der Waals surface area contributed by atoms with Crippen molar-refractivity contribution in [1.29, 1.82) is 0 Å². The summed E-state index contributed by atoms with van der Waals surface area (Å²) >= 11 is 0. The predicted octanol–water partition coefficient (Wildman–Crippen LogP) is 5.91. The number of allylic oxidation sites excluding steroid dienone is 3. The molecule has 3 aliphatic carbocycles. The van der Waals surface area contributed by atoms with Crippen LogP contribution in [0.4, 0.5) is 0 Å². The molecule has 3 fully saturated rings. The first-order valence-corrected chi connectivity index (χ1v) is 12.3. The average Bonchev–Trinajstić information content (AvgIpc) is 3.00. The fourth-order valence-corrected chi connectivity index (χ4v) is 6.80.